The molecule has 0 aliphatic heterocycles. The van der Waals surface area contributed by atoms with Gasteiger partial charge in [-0.2, -0.15) is 0 Å². The molecule has 0 aliphatic carbocycles. The highest BCUT2D eigenvalue weighted by atomic mass is 16.5. The van der Waals surface area contributed by atoms with E-state index >= 15 is 0 Å². The van der Waals surface area contributed by atoms with Gasteiger partial charge in [0.15, 0.2) is 0 Å². The summed E-state index contributed by atoms with van der Waals surface area (Å²) >= 11 is 0. The highest BCUT2D eigenvalue weighted by Gasteiger charge is 2.20. The molecular formula is C13H24O3. The average Bonchev–Trinajstić information content (AvgIpc) is 2.27. The molecule has 2 unspecified atom stereocenters. The van der Waals surface area contributed by atoms with Crippen LogP contribution in [0.15, 0.2) is 0 Å². The van der Waals surface area contributed by atoms with Gasteiger partial charge in [0.05, 0.1) is 6.61 Å². The Bertz CT molecular complexity index is 223. The minimum atomic E-state index is -0.622. The summed E-state index contributed by atoms with van der Waals surface area (Å²) in [6, 6.07) is 0. The first-order chi connectivity index (χ1) is 7.52. The first-order valence-corrected chi connectivity index (χ1v) is 6.19. The van der Waals surface area contributed by atoms with Crippen molar-refractivity contribution >= 4 is 11.8 Å². The highest BCUT2D eigenvalue weighted by molar-refractivity contribution is 5.97. The van der Waals surface area contributed by atoms with Gasteiger partial charge in [-0.05, 0) is 26.2 Å². The Hall–Kier alpha value is -0.860. The Balaban J connectivity index is 3.92. The van der Waals surface area contributed by atoms with E-state index in [0.717, 1.165) is 25.7 Å². The summed E-state index contributed by atoms with van der Waals surface area (Å²) in [7, 11) is 0. The molecule has 0 saturated carbocycles. The van der Waals surface area contributed by atoms with E-state index in [1.807, 2.05) is 0 Å². The number of hydrogen-bond acceptors (Lipinski definition) is 3. The lowest BCUT2D eigenvalue weighted by Gasteiger charge is -2.15. The van der Waals surface area contributed by atoms with Crippen LogP contribution < -0.4 is 0 Å². The Morgan fingerprint density at radius 3 is 2.31 bits per heavy atom. The molecule has 0 heterocycles. The average molecular weight is 228 g/mol. The van der Waals surface area contributed by atoms with Gasteiger partial charge in [0.25, 0.3) is 0 Å². The van der Waals surface area contributed by atoms with Crippen molar-refractivity contribution in [3.8, 4) is 0 Å². The van der Waals surface area contributed by atoms with Gasteiger partial charge in [-0.25, -0.2) is 0 Å². The maximum absolute atomic E-state index is 11.4. The lowest BCUT2D eigenvalue weighted by molar-refractivity contribution is -0.152. The summed E-state index contributed by atoms with van der Waals surface area (Å²) in [4.78, 5) is 22.4. The number of carbonyl (C=O) groups excluding carboxylic acids is 2. The summed E-state index contributed by atoms with van der Waals surface area (Å²) in [5.74, 6) is -0.708. The second-order valence-electron chi connectivity index (χ2n) is 4.38. The molecule has 0 aromatic heterocycles. The number of hydrogen-bond donors (Lipinski definition) is 0. The first-order valence-electron chi connectivity index (χ1n) is 6.19. The standard InChI is InChI=1S/C13H24O3/c1-5-7-8-12(6-2)9-16-13(15)10(3)11(4)14/h10,12H,5-9H2,1-4H3. The van der Waals surface area contributed by atoms with Gasteiger partial charge in [-0.1, -0.05) is 33.1 Å². The number of ketones is 1. The van der Waals surface area contributed by atoms with Crippen LogP contribution in [0.4, 0.5) is 0 Å². The van der Waals surface area contributed by atoms with E-state index in [1.165, 1.54) is 6.92 Å². The molecular weight excluding hydrogens is 204 g/mol. The van der Waals surface area contributed by atoms with Crippen molar-refractivity contribution in [2.75, 3.05) is 6.61 Å². The molecule has 0 rings (SSSR count). The number of carbonyl (C=O) groups is 2. The van der Waals surface area contributed by atoms with E-state index in [4.69, 9.17) is 4.74 Å². The van der Waals surface area contributed by atoms with Crippen LogP contribution in [0, 0.1) is 11.8 Å². The van der Waals surface area contributed by atoms with Crippen molar-refractivity contribution in [3.63, 3.8) is 0 Å². The van der Waals surface area contributed by atoms with Crippen LogP contribution in [0.25, 0.3) is 0 Å². The molecule has 0 radical (unpaired) electrons. The molecule has 0 bridgehead atoms. The Labute approximate surface area is 98.6 Å². The van der Waals surface area contributed by atoms with Gasteiger partial charge in [0, 0.05) is 0 Å². The second kappa shape index (κ2) is 8.31. The second-order valence-corrected chi connectivity index (χ2v) is 4.38. The lowest BCUT2D eigenvalue weighted by Crippen LogP contribution is -2.23. The fourth-order valence-corrected chi connectivity index (χ4v) is 1.39. The molecule has 3 heteroatoms. The molecule has 2 atom stereocenters. The van der Waals surface area contributed by atoms with Gasteiger partial charge >= 0.3 is 5.97 Å². The SMILES string of the molecule is CCCCC(CC)COC(=O)C(C)C(C)=O. The lowest BCUT2D eigenvalue weighted by atomic mass is 10.0. The van der Waals surface area contributed by atoms with Crippen molar-refractivity contribution in [1.29, 1.82) is 0 Å². The van der Waals surface area contributed by atoms with Crippen LogP contribution in [0.1, 0.15) is 53.4 Å². The topological polar surface area (TPSA) is 43.4 Å². The minimum absolute atomic E-state index is 0.133. The van der Waals surface area contributed by atoms with Crippen LogP contribution in [-0.2, 0) is 14.3 Å². The Kier molecular flexibility index (Phi) is 7.86. The van der Waals surface area contributed by atoms with Crippen LogP contribution in [-0.4, -0.2) is 18.4 Å². The monoisotopic (exact) mass is 228 g/mol. The minimum Gasteiger partial charge on any atom is -0.465 e. The maximum Gasteiger partial charge on any atom is 0.316 e. The normalized spacial score (nSPS) is 14.2. The number of ether oxygens (including phenoxy) is 1. The molecule has 16 heavy (non-hydrogen) atoms. The van der Waals surface area contributed by atoms with Gasteiger partial charge in [-0.15, -0.1) is 0 Å². The van der Waals surface area contributed by atoms with Crippen molar-refractivity contribution in [3.05, 3.63) is 0 Å². The molecule has 94 valence electrons. The zero-order chi connectivity index (χ0) is 12.6. The third kappa shape index (κ3) is 5.89. The molecule has 0 amide bonds. The molecule has 0 aliphatic rings. The Morgan fingerprint density at radius 2 is 1.88 bits per heavy atom. The van der Waals surface area contributed by atoms with E-state index in [-0.39, 0.29) is 11.8 Å². The smallest absolute Gasteiger partial charge is 0.316 e. The molecule has 3 nitrogen and oxygen atoms in total. The van der Waals surface area contributed by atoms with Crippen molar-refractivity contribution in [2.24, 2.45) is 11.8 Å². The van der Waals surface area contributed by atoms with Crippen LogP contribution in [0.3, 0.4) is 0 Å². The molecule has 0 fully saturated rings. The van der Waals surface area contributed by atoms with Gasteiger partial charge in [0.1, 0.15) is 11.7 Å². The molecule has 0 aromatic rings. The third-order valence-electron chi connectivity index (χ3n) is 2.97. The summed E-state index contributed by atoms with van der Waals surface area (Å²) in [5, 5.41) is 0. The molecule has 0 N–H and O–H groups in total. The predicted molar refractivity (Wildman–Crippen MR) is 64.1 cm³/mol. The highest BCUT2D eigenvalue weighted by Crippen LogP contribution is 2.13. The summed E-state index contributed by atoms with van der Waals surface area (Å²) < 4.78 is 5.16. The van der Waals surface area contributed by atoms with E-state index in [0.29, 0.717) is 12.5 Å². The van der Waals surface area contributed by atoms with Crippen LogP contribution in [0.2, 0.25) is 0 Å². The van der Waals surface area contributed by atoms with E-state index in [9.17, 15) is 9.59 Å². The van der Waals surface area contributed by atoms with Gasteiger partial charge < -0.3 is 4.74 Å². The number of esters is 1. The quantitative estimate of drug-likeness (QED) is 0.474. The summed E-state index contributed by atoms with van der Waals surface area (Å²) in [6.07, 6.45) is 4.43. The number of Topliss-reactive ketones (excluding diaryl/α,β-unsaturated/α-hetero) is 1. The van der Waals surface area contributed by atoms with Gasteiger partial charge in [-0.3, -0.25) is 9.59 Å². The third-order valence-corrected chi connectivity index (χ3v) is 2.97. The zero-order valence-corrected chi connectivity index (χ0v) is 10.9. The zero-order valence-electron chi connectivity index (χ0n) is 10.9. The predicted octanol–water partition coefficient (Wildman–Crippen LogP) is 2.97. The van der Waals surface area contributed by atoms with E-state index < -0.39 is 5.92 Å². The first kappa shape index (κ1) is 15.1. The van der Waals surface area contributed by atoms with E-state index in [2.05, 4.69) is 13.8 Å². The fraction of sp³-hybridized carbons (Fsp3) is 0.846. The maximum atomic E-state index is 11.4. The van der Waals surface area contributed by atoms with Crippen molar-refractivity contribution in [2.45, 2.75) is 53.4 Å². The summed E-state index contributed by atoms with van der Waals surface area (Å²) in [5.41, 5.74) is 0. The molecule has 0 saturated heterocycles. The summed E-state index contributed by atoms with van der Waals surface area (Å²) in [6.45, 7) is 7.71. The van der Waals surface area contributed by atoms with E-state index in [1.54, 1.807) is 6.92 Å². The van der Waals surface area contributed by atoms with Crippen molar-refractivity contribution < 1.29 is 14.3 Å². The molecule has 0 spiro atoms. The fourth-order valence-electron chi connectivity index (χ4n) is 1.39. The number of unbranched alkanes of at least 4 members (excludes halogenated alkanes) is 1. The number of rotatable bonds is 8. The van der Waals surface area contributed by atoms with Crippen molar-refractivity contribution in [1.82, 2.24) is 0 Å². The molecule has 0 aromatic carbocycles. The van der Waals surface area contributed by atoms with Crippen LogP contribution in [0.5, 0.6) is 0 Å². The Morgan fingerprint density at radius 1 is 1.25 bits per heavy atom. The van der Waals surface area contributed by atoms with Crippen LogP contribution >= 0.6 is 0 Å². The van der Waals surface area contributed by atoms with Gasteiger partial charge in [0.2, 0.25) is 0 Å². The largest absolute Gasteiger partial charge is 0.465 e.